The summed E-state index contributed by atoms with van der Waals surface area (Å²) in [4.78, 5) is 3.45. The minimum absolute atomic E-state index is 0.00491. The van der Waals surface area contributed by atoms with Crippen LogP contribution in [0.2, 0.25) is 5.02 Å². The summed E-state index contributed by atoms with van der Waals surface area (Å²) in [6.45, 7) is 0. The molecule has 0 bridgehead atoms. The largest absolute Gasteiger partial charge is 0.383 e. The molecule has 2 nitrogen and oxygen atoms in total. The van der Waals surface area contributed by atoms with Gasteiger partial charge in [-0.3, -0.25) is 0 Å². The van der Waals surface area contributed by atoms with Crippen LogP contribution in [0.1, 0.15) is 17.7 Å². The third-order valence-electron chi connectivity index (χ3n) is 1.47. The zero-order chi connectivity index (χ0) is 10.0. The third-order valence-corrected chi connectivity index (χ3v) is 2.06. The number of pyridine rings is 1. The van der Waals surface area contributed by atoms with Crippen molar-refractivity contribution in [2.75, 3.05) is 5.73 Å². The number of anilines is 1. The molecule has 0 atom stereocenters. The van der Waals surface area contributed by atoms with E-state index in [0.717, 1.165) is 0 Å². The van der Waals surface area contributed by atoms with Gasteiger partial charge in [0.05, 0.1) is 10.9 Å². The lowest BCUT2D eigenvalue weighted by atomic mass is 10.2. The van der Waals surface area contributed by atoms with E-state index in [9.17, 15) is 8.78 Å². The molecule has 13 heavy (non-hydrogen) atoms. The van der Waals surface area contributed by atoms with Gasteiger partial charge >= 0.3 is 0 Å². The zero-order valence-electron chi connectivity index (χ0n) is 6.40. The topological polar surface area (TPSA) is 38.9 Å². The van der Waals surface area contributed by atoms with Crippen LogP contribution < -0.4 is 5.73 Å². The molecule has 0 saturated heterocycles. The Morgan fingerprint density at radius 1 is 1.54 bits per heavy atom. The van der Waals surface area contributed by atoms with Gasteiger partial charge in [-0.05, 0) is 6.07 Å². The highest BCUT2D eigenvalue weighted by Crippen LogP contribution is 2.28. The van der Waals surface area contributed by atoms with Crippen LogP contribution >= 0.6 is 23.2 Å². The summed E-state index contributed by atoms with van der Waals surface area (Å²) < 4.78 is 24.4. The number of nitrogens with zero attached hydrogens (tertiary/aromatic N) is 1. The normalized spacial score (nSPS) is 10.8. The van der Waals surface area contributed by atoms with Crippen LogP contribution in [-0.4, -0.2) is 4.98 Å². The molecule has 0 amide bonds. The SMILES string of the molecule is Nc1nc(C(F)F)c(Cl)cc1CCl. The van der Waals surface area contributed by atoms with Gasteiger partial charge in [0.25, 0.3) is 6.43 Å². The summed E-state index contributed by atoms with van der Waals surface area (Å²) in [6, 6.07) is 1.30. The van der Waals surface area contributed by atoms with Gasteiger partial charge in [-0.1, -0.05) is 11.6 Å². The maximum atomic E-state index is 12.2. The second-order valence-electron chi connectivity index (χ2n) is 2.33. The summed E-state index contributed by atoms with van der Waals surface area (Å²) in [5.41, 5.74) is 5.30. The van der Waals surface area contributed by atoms with Crippen molar-refractivity contribution < 1.29 is 8.78 Å². The van der Waals surface area contributed by atoms with Crippen molar-refractivity contribution in [3.05, 3.63) is 22.3 Å². The van der Waals surface area contributed by atoms with Crippen molar-refractivity contribution in [3.63, 3.8) is 0 Å². The van der Waals surface area contributed by atoms with Crippen LogP contribution in [0.4, 0.5) is 14.6 Å². The Morgan fingerprint density at radius 2 is 2.15 bits per heavy atom. The second-order valence-corrected chi connectivity index (χ2v) is 3.01. The Labute approximate surface area is 83.7 Å². The van der Waals surface area contributed by atoms with Crippen LogP contribution in [0.25, 0.3) is 0 Å². The zero-order valence-corrected chi connectivity index (χ0v) is 7.91. The van der Waals surface area contributed by atoms with Gasteiger partial charge in [-0.25, -0.2) is 13.8 Å². The summed E-state index contributed by atoms with van der Waals surface area (Å²) in [7, 11) is 0. The Bertz CT molecular complexity index is 318. The van der Waals surface area contributed by atoms with Gasteiger partial charge < -0.3 is 5.73 Å². The van der Waals surface area contributed by atoms with E-state index < -0.39 is 12.1 Å². The van der Waals surface area contributed by atoms with E-state index in [2.05, 4.69) is 4.98 Å². The molecule has 0 saturated carbocycles. The summed E-state index contributed by atoms with van der Waals surface area (Å²) >= 11 is 11.0. The molecule has 0 radical (unpaired) electrons. The molecule has 1 heterocycles. The molecule has 0 aromatic carbocycles. The van der Waals surface area contributed by atoms with Gasteiger partial charge in [0.15, 0.2) is 0 Å². The third kappa shape index (κ3) is 2.19. The van der Waals surface area contributed by atoms with E-state index in [4.69, 9.17) is 28.9 Å². The molecule has 72 valence electrons. The van der Waals surface area contributed by atoms with E-state index >= 15 is 0 Å². The maximum Gasteiger partial charge on any atom is 0.281 e. The summed E-state index contributed by atoms with van der Waals surface area (Å²) in [5.74, 6) is 0.0944. The van der Waals surface area contributed by atoms with Crippen LogP contribution in [0.15, 0.2) is 6.07 Å². The van der Waals surface area contributed by atoms with Gasteiger partial charge in [0.2, 0.25) is 0 Å². The molecule has 2 N–H and O–H groups in total. The fourth-order valence-electron chi connectivity index (χ4n) is 0.816. The van der Waals surface area contributed by atoms with Crippen LogP contribution in [0, 0.1) is 0 Å². The van der Waals surface area contributed by atoms with E-state index in [0.29, 0.717) is 5.56 Å². The first-order valence-corrected chi connectivity index (χ1v) is 4.26. The van der Waals surface area contributed by atoms with Crippen molar-refractivity contribution in [2.24, 2.45) is 0 Å². The van der Waals surface area contributed by atoms with Crippen LogP contribution in [0.3, 0.4) is 0 Å². The average molecular weight is 227 g/mol. The predicted octanol–water partition coefficient (Wildman–Crippen LogP) is 2.99. The minimum atomic E-state index is -2.72. The van der Waals surface area contributed by atoms with E-state index in [1.165, 1.54) is 6.07 Å². The average Bonchev–Trinajstić information content (AvgIpc) is 2.07. The Hall–Kier alpha value is -0.610. The van der Waals surface area contributed by atoms with E-state index in [-0.39, 0.29) is 16.7 Å². The first kappa shape index (κ1) is 10.5. The van der Waals surface area contributed by atoms with Crippen LogP contribution in [-0.2, 0) is 5.88 Å². The van der Waals surface area contributed by atoms with Gasteiger partial charge in [0, 0.05) is 5.56 Å². The number of aromatic nitrogens is 1. The van der Waals surface area contributed by atoms with Crippen molar-refractivity contribution in [3.8, 4) is 0 Å². The fourth-order valence-corrected chi connectivity index (χ4v) is 1.29. The number of rotatable bonds is 2. The lowest BCUT2D eigenvalue weighted by Crippen LogP contribution is -2.01. The molecule has 0 aliphatic carbocycles. The number of nitrogens with two attached hydrogens (primary N) is 1. The van der Waals surface area contributed by atoms with Crippen molar-refractivity contribution >= 4 is 29.0 Å². The molecule has 1 aromatic heterocycles. The first-order chi connectivity index (χ1) is 6.06. The number of alkyl halides is 3. The second kappa shape index (κ2) is 4.07. The fraction of sp³-hybridized carbons (Fsp3) is 0.286. The molecule has 0 fully saturated rings. The minimum Gasteiger partial charge on any atom is -0.383 e. The van der Waals surface area contributed by atoms with Crippen molar-refractivity contribution in [1.29, 1.82) is 0 Å². The summed E-state index contributed by atoms with van der Waals surface area (Å²) in [5, 5.41) is -0.111. The quantitative estimate of drug-likeness (QED) is 0.788. The monoisotopic (exact) mass is 226 g/mol. The molecule has 0 aliphatic rings. The molecule has 6 heteroatoms. The smallest absolute Gasteiger partial charge is 0.281 e. The molecule has 0 aliphatic heterocycles. The van der Waals surface area contributed by atoms with Gasteiger partial charge in [-0.15, -0.1) is 11.6 Å². The Kier molecular flexibility index (Phi) is 3.27. The lowest BCUT2D eigenvalue weighted by molar-refractivity contribution is 0.146. The van der Waals surface area contributed by atoms with Gasteiger partial charge in [0.1, 0.15) is 11.5 Å². The number of halogens is 4. The standard InChI is InChI=1S/C7H6Cl2F2N2/c8-2-3-1-4(9)5(6(10)11)13-7(3)12/h1,6H,2H2,(H2,12,13). The summed E-state index contributed by atoms with van der Waals surface area (Å²) in [6.07, 6.45) is -2.72. The van der Waals surface area contributed by atoms with E-state index in [1.54, 1.807) is 0 Å². The lowest BCUT2D eigenvalue weighted by Gasteiger charge is -2.06. The molecule has 1 rings (SSSR count). The Morgan fingerprint density at radius 3 is 2.62 bits per heavy atom. The highest BCUT2D eigenvalue weighted by Gasteiger charge is 2.16. The van der Waals surface area contributed by atoms with Gasteiger partial charge in [-0.2, -0.15) is 0 Å². The molecule has 0 spiro atoms. The van der Waals surface area contributed by atoms with E-state index in [1.807, 2.05) is 0 Å². The highest BCUT2D eigenvalue weighted by atomic mass is 35.5. The highest BCUT2D eigenvalue weighted by molar-refractivity contribution is 6.31. The first-order valence-electron chi connectivity index (χ1n) is 3.35. The van der Waals surface area contributed by atoms with Crippen molar-refractivity contribution in [1.82, 2.24) is 4.98 Å². The molecular weight excluding hydrogens is 221 g/mol. The maximum absolute atomic E-state index is 12.2. The number of hydrogen-bond donors (Lipinski definition) is 1. The predicted molar refractivity (Wildman–Crippen MR) is 48.2 cm³/mol. The van der Waals surface area contributed by atoms with Crippen molar-refractivity contribution in [2.45, 2.75) is 12.3 Å². The molecule has 0 unspecified atom stereocenters. The number of nitrogen functional groups attached to an aromatic ring is 1. The Balaban J connectivity index is 3.20. The molecular formula is C7H6Cl2F2N2. The number of hydrogen-bond acceptors (Lipinski definition) is 2. The van der Waals surface area contributed by atoms with Crippen LogP contribution in [0.5, 0.6) is 0 Å². The molecule has 1 aromatic rings.